The molecule has 7 aliphatic rings. The second kappa shape index (κ2) is 41.3. The van der Waals surface area contributed by atoms with E-state index in [1.165, 1.54) is 89.9 Å². The minimum Gasteiger partial charge on any atom is -0.379 e. The number of hydrogen-bond donors (Lipinski definition) is 3. The Hall–Kier alpha value is -9.28. The van der Waals surface area contributed by atoms with Gasteiger partial charge in [0.05, 0.1) is 91.6 Å². The van der Waals surface area contributed by atoms with Gasteiger partial charge in [0, 0.05) is 132 Å². The summed E-state index contributed by atoms with van der Waals surface area (Å²) in [6, 6.07) is 49.0. The lowest BCUT2D eigenvalue weighted by Gasteiger charge is -2.30. The zero-order valence-electron chi connectivity index (χ0n) is 75.0. The lowest BCUT2D eigenvalue weighted by molar-refractivity contribution is -0.124. The summed E-state index contributed by atoms with van der Waals surface area (Å²) in [4.78, 5) is 90.5. The highest BCUT2D eigenvalue weighted by atomic mass is 79.9. The number of hydrogen-bond acceptors (Lipinski definition) is 21. The van der Waals surface area contributed by atoms with Crippen molar-refractivity contribution < 1.29 is 67.1 Å². The monoisotopic (exact) mass is 2340 g/mol. The molecule has 7 aliphatic heterocycles. The van der Waals surface area contributed by atoms with Crippen LogP contribution in [0.3, 0.4) is 0 Å². The Morgan fingerprint density at radius 1 is 0.404 bits per heavy atom. The van der Waals surface area contributed by atoms with Crippen molar-refractivity contribution in [1.82, 2.24) is 61.2 Å². The van der Waals surface area contributed by atoms with Crippen LogP contribution in [-0.4, -0.2) is 199 Å². The number of anilines is 8. The van der Waals surface area contributed by atoms with Crippen molar-refractivity contribution in [3.05, 3.63) is 276 Å². The van der Waals surface area contributed by atoms with Crippen LogP contribution in [-0.2, 0) is 121 Å². The number of ether oxygens (including phenoxy) is 2. The number of carbonyl (C=O) groups is 5. The van der Waals surface area contributed by atoms with E-state index in [0.29, 0.717) is 108 Å². The molecule has 49 heteroatoms. The molecule has 3 fully saturated rings. The molecule has 738 valence electrons. The second-order valence-corrected chi connectivity index (χ2v) is 48.0. The van der Waals surface area contributed by atoms with Gasteiger partial charge in [0.15, 0.2) is 20.1 Å². The first-order valence-corrected chi connectivity index (χ1v) is 54.4. The Labute approximate surface area is 877 Å². The summed E-state index contributed by atoms with van der Waals surface area (Å²) in [7, 11) is -16.1. The van der Waals surface area contributed by atoms with Crippen LogP contribution in [0.2, 0.25) is 40.2 Å². The average Bonchev–Trinajstić information content (AvgIpc) is 1.50. The summed E-state index contributed by atoms with van der Waals surface area (Å²) < 4.78 is 134. The predicted octanol–water partition coefficient (Wildman–Crippen LogP) is 16.3. The smallest absolute Gasteiger partial charge is 0.260 e. The maximum Gasteiger partial charge on any atom is 0.260 e. The molecule has 0 aliphatic carbocycles. The average molecular weight is 2350 g/mol. The third-order valence-corrected chi connectivity index (χ3v) is 35.0. The molecule has 5 amide bonds. The Kier molecular flexibility index (Phi) is 30.6. The third-order valence-electron chi connectivity index (χ3n) is 24.6. The first-order chi connectivity index (χ1) is 66.7. The van der Waals surface area contributed by atoms with Gasteiger partial charge >= 0.3 is 0 Å². The standard InChI is InChI=1S/C24H21Cl2N5O4S.C23H22BrCl2N5O3S.C23H21BrCl2N4O4S.C22H20BrCl2N5O4S/c1-24(13-16-2-4-17(14-27)5-3-16)22(32)30(20-11-18(25)10-19(26)12-20)23-28-15-21(31(23)24)36(33,34)29-6-8-35-9-7-29;1-23(13-15-2-4-16(24)5-3-15)21(32)30(19-11-17(25)10-18(26)12-19)22-28-14-20(31(22)23)35(33,34)29-8-6-27-7-9-29;1-23(13-15-2-4-16(24)5-3-15)21(31)29(19-11-17(25)10-18(26)12-19)22-27-14-20(30(22)23)35(32,33)28-6-8-34-9-7-28;1-12(19(26)31)28-35(33,34)18-11-27-21-29(17-8-15(24)7-16(25)9-17)20(32)22(2,30(18)21)10-13-3-5-14(23)6-4-13/h2-5,10-12,15H,6-9,13H2,1H3;2-5,10-12,14,27H,6-9,13H2,1H3;2-5,10-12,14H,6-9,13H2,1H3;3-9,11-12,28H,10H2,1-2H3,(H2,26,31)/t24-;2*23-;12-,22+/m1110/s1. The molecule has 5 atom stereocenters. The van der Waals surface area contributed by atoms with Crippen molar-refractivity contribution in [2.75, 3.05) is 98.4 Å². The molecule has 4 N–H and O–H groups in total. The van der Waals surface area contributed by atoms with Crippen molar-refractivity contribution in [3.63, 3.8) is 0 Å². The van der Waals surface area contributed by atoms with E-state index in [1.807, 2.05) is 72.8 Å². The maximum atomic E-state index is 14.0. The number of rotatable bonds is 22. The van der Waals surface area contributed by atoms with Crippen LogP contribution in [0.15, 0.2) is 228 Å². The van der Waals surface area contributed by atoms with Gasteiger partial charge in [0.2, 0.25) is 29.7 Å². The number of nitriles is 1. The summed E-state index contributed by atoms with van der Waals surface area (Å²) >= 11 is 60.0. The van der Waals surface area contributed by atoms with Gasteiger partial charge in [-0.25, -0.2) is 73.2 Å². The number of carbonyl (C=O) groups excluding carboxylic acids is 5. The molecule has 141 heavy (non-hydrogen) atoms. The van der Waals surface area contributed by atoms with E-state index in [1.54, 1.807) is 111 Å². The molecule has 34 nitrogen and oxygen atoms in total. The van der Waals surface area contributed by atoms with E-state index in [4.69, 9.17) is 113 Å². The van der Waals surface area contributed by atoms with E-state index < -0.39 is 80.1 Å². The third kappa shape index (κ3) is 20.7. The fourth-order valence-corrected chi connectivity index (χ4v) is 26.8. The minimum atomic E-state index is -4.29. The van der Waals surface area contributed by atoms with Gasteiger partial charge in [-0.2, -0.15) is 22.9 Å². The number of sulfonamides is 4. The molecular weight excluding hydrogens is 2260 g/mol. The van der Waals surface area contributed by atoms with Crippen molar-refractivity contribution in [2.45, 2.75) is 109 Å². The second-order valence-electron chi connectivity index (χ2n) is 34.4. The van der Waals surface area contributed by atoms with Crippen molar-refractivity contribution >= 4 is 257 Å². The normalized spacial score (nSPS) is 20.2. The lowest BCUT2D eigenvalue weighted by Crippen LogP contribution is -2.48. The number of piperazine rings is 1. The van der Waals surface area contributed by atoms with Crippen LogP contribution in [0, 0.1) is 11.3 Å². The molecule has 0 unspecified atom stereocenters. The summed E-state index contributed by atoms with van der Waals surface area (Å²) in [6.07, 6.45) is 5.89. The molecule has 12 aromatic rings. The van der Waals surface area contributed by atoms with Gasteiger partial charge in [0.1, 0.15) is 22.2 Å². The number of nitrogens with zero attached hydrogens (tertiary/aromatic N) is 16. The van der Waals surface area contributed by atoms with Crippen molar-refractivity contribution in [1.29, 1.82) is 5.26 Å². The number of halogens is 11. The Morgan fingerprint density at radius 3 is 0.887 bits per heavy atom. The fourth-order valence-electron chi connectivity index (χ4n) is 17.8. The van der Waals surface area contributed by atoms with E-state index in [9.17, 15) is 57.6 Å². The highest BCUT2D eigenvalue weighted by Gasteiger charge is 2.58. The largest absolute Gasteiger partial charge is 0.379 e. The SMILES string of the molecule is C[C@@]1(Cc2ccc(Br)cc2)C(=O)N(c2cc(Cl)cc(Cl)c2)c2ncc(S(=O)(=O)N3CCNCC3)n21.C[C@@]1(Cc2ccc(Br)cc2)C(=O)N(c2cc(Cl)cc(Cl)c2)c2ncc(S(=O)(=O)N3CCOCC3)n21.C[C@@]1(Cc2ccc(C#N)cc2)C(=O)N(c2cc(Cl)cc(Cl)c2)c2ncc(S(=O)(=O)N3CCOCC3)n21.C[C@H](NS(=O)(=O)c1cnc2n1[C@](C)(Cc1ccc(Br)cc1)C(=O)N2c1cc(Cl)cc(Cl)c1)C(N)=O. The molecule has 0 saturated carbocycles. The molecule has 4 aromatic heterocycles. The van der Waals surface area contributed by atoms with E-state index >= 15 is 0 Å². The first-order valence-electron chi connectivity index (χ1n) is 43.2. The van der Waals surface area contributed by atoms with E-state index in [2.05, 4.69) is 83.8 Å². The summed E-state index contributed by atoms with van der Waals surface area (Å²) in [5.41, 5.74) is 5.29. The first kappa shape index (κ1) is 105. The van der Waals surface area contributed by atoms with Crippen LogP contribution < -0.4 is 35.4 Å². The van der Waals surface area contributed by atoms with Gasteiger partial charge in [-0.1, -0.05) is 189 Å². The Morgan fingerprint density at radius 2 is 0.638 bits per heavy atom. The fraction of sp³-hybridized carbons (Fsp3) is 0.283. The summed E-state index contributed by atoms with van der Waals surface area (Å²) in [5.74, 6) is -1.69. The predicted molar refractivity (Wildman–Crippen MR) is 546 cm³/mol. The number of aromatic nitrogens is 8. The summed E-state index contributed by atoms with van der Waals surface area (Å²) in [5, 5.41) is 14.5. The molecule has 19 rings (SSSR count). The Bertz CT molecular complexity index is 7210. The molecule has 0 radical (unpaired) electrons. The number of amides is 5. The molecule has 0 spiro atoms. The molecule has 3 saturated heterocycles. The molecule has 8 aromatic carbocycles. The van der Waals surface area contributed by atoms with Crippen LogP contribution in [0.1, 0.15) is 62.4 Å². The lowest BCUT2D eigenvalue weighted by atomic mass is 9.91. The zero-order chi connectivity index (χ0) is 101. The van der Waals surface area contributed by atoms with Gasteiger partial charge in [-0.05, 0) is 178 Å². The van der Waals surface area contributed by atoms with E-state index in [0.717, 1.165) is 41.9 Å². The van der Waals surface area contributed by atoms with E-state index in [-0.39, 0.29) is 127 Å². The molecule has 11 heterocycles. The minimum absolute atomic E-state index is 0.0158. The van der Waals surface area contributed by atoms with Crippen molar-refractivity contribution in [3.8, 4) is 6.07 Å². The number of benzene rings is 8. The summed E-state index contributed by atoms with van der Waals surface area (Å²) in [6.45, 7) is 12.0. The van der Waals surface area contributed by atoms with Crippen LogP contribution in [0.5, 0.6) is 0 Å². The topological polar surface area (TPSA) is 408 Å². The van der Waals surface area contributed by atoms with Gasteiger partial charge in [-0.15, -0.1) is 0 Å². The maximum absolute atomic E-state index is 14.0. The van der Waals surface area contributed by atoms with Gasteiger partial charge in [0.25, 0.3) is 63.7 Å². The van der Waals surface area contributed by atoms with Gasteiger partial charge in [-0.3, -0.25) is 42.2 Å². The number of imidazole rings is 4. The van der Waals surface area contributed by atoms with Crippen LogP contribution in [0.25, 0.3) is 0 Å². The number of primary amides is 1. The quantitative estimate of drug-likeness (QED) is 0.0567. The van der Waals surface area contributed by atoms with Crippen molar-refractivity contribution in [2.24, 2.45) is 5.73 Å². The van der Waals surface area contributed by atoms with Crippen LogP contribution >= 0.6 is 141 Å². The number of nitrogens with one attached hydrogen (secondary N) is 2. The number of fused-ring (bicyclic) bond motifs is 4. The Balaban J connectivity index is 0.000000135. The number of morpholine rings is 2. The molecule has 0 bridgehead atoms. The highest BCUT2D eigenvalue weighted by molar-refractivity contribution is 9.11. The van der Waals surface area contributed by atoms with Gasteiger partial charge < -0.3 is 20.5 Å². The highest BCUT2D eigenvalue weighted by Crippen LogP contribution is 2.51. The zero-order valence-corrected chi connectivity index (χ0v) is 89.1. The van der Waals surface area contributed by atoms with Crippen LogP contribution in [0.4, 0.5) is 46.5 Å². The molecular formula is C92H84Br3Cl8N19O15S4. The number of nitrogens with two attached hydrogens (primary N) is 1.